The van der Waals surface area contributed by atoms with Crippen molar-refractivity contribution in [1.29, 1.82) is 0 Å². The quantitative estimate of drug-likeness (QED) is 0.249. The third kappa shape index (κ3) is 3.89. The predicted octanol–water partition coefficient (Wildman–Crippen LogP) is 6.25. The van der Waals surface area contributed by atoms with Gasteiger partial charge >= 0.3 is 48.0 Å². The van der Waals surface area contributed by atoms with Crippen LogP contribution in [0.3, 0.4) is 0 Å². The maximum Gasteiger partial charge on any atom is 0.460 e. The van der Waals surface area contributed by atoms with Crippen molar-refractivity contribution in [3.8, 4) is 0 Å². The third-order valence-corrected chi connectivity index (χ3v) is 2.83. The Balaban J connectivity index is 6.71. The van der Waals surface area contributed by atoms with Crippen molar-refractivity contribution >= 4 is 5.97 Å². The predicted molar refractivity (Wildman–Crippen MR) is 50.3 cm³/mol. The first-order valence-corrected chi connectivity index (χ1v) is 5.79. The molecular weight excluding hydrogens is 483 g/mol. The normalized spacial score (nSPS) is 17.0. The fourth-order valence-corrected chi connectivity index (χ4v) is 1.23. The molecule has 0 aromatic heterocycles. The SMILES string of the molecule is F/C(=N\C(F)(F)C(F)(F)C(F)(F)C(F)(F)C(F)(F)F)C(F)(C(F)(F)F)C(F)(F)F. The lowest BCUT2D eigenvalue weighted by molar-refractivity contribution is -0.421. The minimum absolute atomic E-state index is 0.182. The molecule has 0 amide bonds. The molecule has 0 saturated carbocycles. The summed E-state index contributed by atoms with van der Waals surface area (Å²) in [5.41, 5.74) is -7.64. The Morgan fingerprint density at radius 2 is 0.724 bits per heavy atom. The van der Waals surface area contributed by atoms with Gasteiger partial charge in [-0.1, -0.05) is 0 Å². The van der Waals surface area contributed by atoms with E-state index in [0.29, 0.717) is 0 Å². The summed E-state index contributed by atoms with van der Waals surface area (Å²) in [4.78, 5) is -0.182. The zero-order chi connectivity index (χ0) is 24.3. The highest BCUT2D eigenvalue weighted by molar-refractivity contribution is 5.86. The number of halogens is 19. The lowest BCUT2D eigenvalue weighted by Crippen LogP contribution is -2.66. The topological polar surface area (TPSA) is 12.4 Å². The second kappa shape index (κ2) is 6.67. The van der Waals surface area contributed by atoms with Crippen molar-refractivity contribution in [1.82, 2.24) is 0 Å². The first-order valence-electron chi connectivity index (χ1n) is 5.79. The number of hydrogen-bond acceptors (Lipinski definition) is 1. The molecule has 174 valence electrons. The van der Waals surface area contributed by atoms with E-state index in [9.17, 15) is 83.4 Å². The van der Waals surface area contributed by atoms with Crippen LogP contribution in [0.4, 0.5) is 83.4 Å². The Kier molecular flexibility index (Phi) is 6.29. The van der Waals surface area contributed by atoms with E-state index in [-0.39, 0.29) is 4.99 Å². The number of hydrogen-bond donors (Lipinski definition) is 0. The lowest BCUT2D eigenvalue weighted by Gasteiger charge is -2.36. The smallest absolute Gasteiger partial charge is 0.214 e. The van der Waals surface area contributed by atoms with E-state index in [0.717, 1.165) is 0 Å². The van der Waals surface area contributed by atoms with Crippen LogP contribution in [0.15, 0.2) is 4.99 Å². The molecule has 0 aromatic rings. The van der Waals surface area contributed by atoms with Crippen molar-refractivity contribution < 1.29 is 83.4 Å². The minimum atomic E-state index is -8.32. The van der Waals surface area contributed by atoms with Crippen molar-refractivity contribution in [3.63, 3.8) is 0 Å². The molecule has 29 heavy (non-hydrogen) atoms. The molecule has 0 rings (SSSR count). The fourth-order valence-electron chi connectivity index (χ4n) is 1.23. The van der Waals surface area contributed by atoms with Crippen molar-refractivity contribution in [3.05, 3.63) is 0 Å². The van der Waals surface area contributed by atoms with Gasteiger partial charge in [-0.25, -0.2) is 4.39 Å². The van der Waals surface area contributed by atoms with E-state index >= 15 is 0 Å². The molecule has 0 N–H and O–H groups in total. The van der Waals surface area contributed by atoms with Gasteiger partial charge in [-0.15, -0.1) is 0 Å². The van der Waals surface area contributed by atoms with Crippen LogP contribution in [0.5, 0.6) is 0 Å². The molecule has 0 fully saturated rings. The number of aliphatic imine (C=N–C) groups is 1. The Hall–Kier alpha value is -1.66. The van der Waals surface area contributed by atoms with E-state index in [1.165, 1.54) is 0 Å². The summed E-state index contributed by atoms with van der Waals surface area (Å²) in [5.74, 6) is -29.9. The maximum atomic E-state index is 13.0. The Bertz CT molecular complexity index is 616. The molecule has 0 unspecified atom stereocenters. The summed E-state index contributed by atoms with van der Waals surface area (Å²) in [5, 5.41) is 0. The second-order valence-corrected chi connectivity index (χ2v) is 4.82. The van der Waals surface area contributed by atoms with E-state index in [4.69, 9.17) is 0 Å². The van der Waals surface area contributed by atoms with Gasteiger partial charge in [-0.2, -0.15) is 84.0 Å². The molecule has 0 atom stereocenters. The number of alkyl halides is 18. The van der Waals surface area contributed by atoms with Crippen LogP contribution in [0.2, 0.25) is 0 Å². The van der Waals surface area contributed by atoms with E-state index in [1.807, 2.05) is 0 Å². The Morgan fingerprint density at radius 1 is 0.414 bits per heavy atom. The van der Waals surface area contributed by atoms with Crippen molar-refractivity contribution in [2.24, 2.45) is 4.99 Å². The second-order valence-electron chi connectivity index (χ2n) is 4.82. The number of nitrogens with zero attached hydrogens (tertiary/aromatic N) is 1. The summed E-state index contributed by atoms with van der Waals surface area (Å²) >= 11 is 0. The summed E-state index contributed by atoms with van der Waals surface area (Å²) in [6.45, 7) is 0. The van der Waals surface area contributed by atoms with Crippen LogP contribution in [0, 0.1) is 0 Å². The largest absolute Gasteiger partial charge is 0.460 e. The highest BCUT2D eigenvalue weighted by atomic mass is 19.4. The molecule has 0 aliphatic heterocycles. The van der Waals surface area contributed by atoms with Crippen LogP contribution in [0.1, 0.15) is 0 Å². The number of rotatable bonds is 5. The zero-order valence-corrected chi connectivity index (χ0v) is 12.1. The van der Waals surface area contributed by atoms with E-state index < -0.39 is 54.0 Å². The molecule has 1 nitrogen and oxygen atoms in total. The van der Waals surface area contributed by atoms with Crippen LogP contribution < -0.4 is 0 Å². The highest BCUT2D eigenvalue weighted by Crippen LogP contribution is 2.58. The molecule has 0 radical (unpaired) electrons. The van der Waals surface area contributed by atoms with Gasteiger partial charge in [-0.05, 0) is 0 Å². The van der Waals surface area contributed by atoms with Crippen molar-refractivity contribution in [2.75, 3.05) is 0 Å². The summed E-state index contributed by atoms with van der Waals surface area (Å²) in [6.07, 6.45) is -23.0. The molecule has 0 bridgehead atoms. The van der Waals surface area contributed by atoms with Gasteiger partial charge in [-0.3, -0.25) is 0 Å². The molecule has 0 heterocycles. The van der Waals surface area contributed by atoms with Gasteiger partial charge in [0.05, 0.1) is 0 Å². The summed E-state index contributed by atoms with van der Waals surface area (Å²) in [6, 6.07) is -7.87. The van der Waals surface area contributed by atoms with Crippen LogP contribution in [-0.2, 0) is 0 Å². The van der Waals surface area contributed by atoms with Crippen molar-refractivity contribution in [2.45, 2.75) is 48.0 Å². The summed E-state index contributed by atoms with van der Waals surface area (Å²) in [7, 11) is 0. The van der Waals surface area contributed by atoms with Gasteiger partial charge in [0.2, 0.25) is 5.97 Å². The molecule has 0 saturated heterocycles. The summed E-state index contributed by atoms with van der Waals surface area (Å²) < 4.78 is 235. The van der Waals surface area contributed by atoms with Crippen LogP contribution in [0.25, 0.3) is 0 Å². The van der Waals surface area contributed by atoms with Gasteiger partial charge in [0, 0.05) is 0 Å². The molecule has 20 heteroatoms. The first kappa shape index (κ1) is 27.3. The van der Waals surface area contributed by atoms with Gasteiger partial charge in [0.1, 0.15) is 0 Å². The lowest BCUT2D eigenvalue weighted by atomic mass is 10.0. The van der Waals surface area contributed by atoms with Gasteiger partial charge in [0.25, 0.3) is 0 Å². The van der Waals surface area contributed by atoms with Gasteiger partial charge in [0.15, 0.2) is 0 Å². The van der Waals surface area contributed by atoms with Crippen LogP contribution >= 0.6 is 0 Å². The molecular formula is C9F19N. The van der Waals surface area contributed by atoms with E-state index in [1.54, 1.807) is 0 Å². The van der Waals surface area contributed by atoms with Crippen LogP contribution in [-0.4, -0.2) is 54.0 Å². The third-order valence-electron chi connectivity index (χ3n) is 2.83. The average Bonchev–Trinajstić information content (AvgIpc) is 2.41. The Morgan fingerprint density at radius 3 is 0.966 bits per heavy atom. The monoisotopic (exact) mass is 483 g/mol. The molecule has 0 aliphatic carbocycles. The standard InChI is InChI=1S/C9F19N/c10-1(2(11,6(18,19)20)7(21,22)23)29-9(27,28)5(16,17)3(12,13)4(14,15)8(24,25)26/b29-1-. The molecule has 0 spiro atoms. The minimum Gasteiger partial charge on any atom is -0.214 e. The zero-order valence-electron chi connectivity index (χ0n) is 12.1. The van der Waals surface area contributed by atoms with E-state index in [2.05, 4.69) is 0 Å². The molecule has 0 aromatic carbocycles. The molecule has 0 aliphatic rings. The Labute approximate surface area is 144 Å². The average molecular weight is 483 g/mol. The fraction of sp³-hybridized carbons (Fsp3) is 0.889. The first-order chi connectivity index (χ1) is 12.1. The highest BCUT2D eigenvalue weighted by Gasteiger charge is 2.88. The van der Waals surface area contributed by atoms with Gasteiger partial charge < -0.3 is 0 Å². The maximum absolute atomic E-state index is 13.0.